The average Bonchev–Trinajstić information content (AvgIpc) is 3.34. The largest absolute Gasteiger partial charge is 0.368 e. The maximum Gasteiger partial charge on any atom is 0.209 e. The molecule has 3 heterocycles. The van der Waals surface area contributed by atoms with Gasteiger partial charge in [0.05, 0.1) is 28.0 Å². The van der Waals surface area contributed by atoms with Crippen molar-refractivity contribution in [2.45, 2.75) is 25.3 Å². The van der Waals surface area contributed by atoms with Gasteiger partial charge in [-0.15, -0.1) is 21.5 Å². The summed E-state index contributed by atoms with van der Waals surface area (Å²) in [6.07, 6.45) is 2.27. The number of piperazine rings is 1. The topological polar surface area (TPSA) is 73.8 Å². The second-order valence-corrected chi connectivity index (χ2v) is 9.36. The third-order valence-corrected chi connectivity index (χ3v) is 7.14. The summed E-state index contributed by atoms with van der Waals surface area (Å²) in [6, 6.07) is 12.1. The predicted molar refractivity (Wildman–Crippen MR) is 119 cm³/mol. The van der Waals surface area contributed by atoms with Crippen LogP contribution < -0.4 is 4.90 Å². The van der Waals surface area contributed by atoms with E-state index in [-0.39, 0.29) is 5.82 Å². The molecular weight excluding hydrogens is 413 g/mol. The lowest BCUT2D eigenvalue weighted by Crippen LogP contribution is -2.46. The Labute approximate surface area is 182 Å². The molecule has 7 nitrogen and oxygen atoms in total. The normalized spacial score (nSPS) is 17.5. The number of benzene rings is 2. The van der Waals surface area contributed by atoms with E-state index in [1.807, 2.05) is 6.07 Å². The first-order valence-electron chi connectivity index (χ1n) is 10.6. The molecule has 0 spiro atoms. The van der Waals surface area contributed by atoms with Crippen LogP contribution in [-0.2, 0) is 6.54 Å². The number of hydrogen-bond donors (Lipinski definition) is 1. The fourth-order valence-electron chi connectivity index (χ4n) is 4.33. The Morgan fingerprint density at radius 3 is 2.68 bits per heavy atom. The Balaban J connectivity index is 1.22. The summed E-state index contributed by atoms with van der Waals surface area (Å²) < 4.78 is 16.3. The van der Waals surface area contributed by atoms with Crippen LogP contribution in [-0.4, -0.2) is 56.7 Å². The van der Waals surface area contributed by atoms with Gasteiger partial charge in [-0.2, -0.15) is 5.21 Å². The molecule has 1 saturated heterocycles. The summed E-state index contributed by atoms with van der Waals surface area (Å²) in [5, 5.41) is 15.3. The van der Waals surface area contributed by atoms with Crippen LogP contribution in [0.1, 0.15) is 29.3 Å². The standard InChI is InChI=1S/C22H22FN7S/c23-16-11-15(14-5-6-14)12-18(21(16)22-25-27-28-26-22)30-9-7-29(8-10-30)13-20-24-17-3-1-2-4-19(17)31-20/h1-4,11-12,14H,5-10,13H2,(H,25,26,27,28). The van der Waals surface area contributed by atoms with Gasteiger partial charge in [-0.1, -0.05) is 12.1 Å². The maximum atomic E-state index is 15.1. The number of H-pyrrole nitrogens is 1. The molecule has 4 aromatic rings. The van der Waals surface area contributed by atoms with Crippen LogP contribution in [0.15, 0.2) is 36.4 Å². The SMILES string of the molecule is Fc1cc(C2CC2)cc(N2CCN(Cc3nc4ccccc4s3)CC2)c1-c1nn[nH]n1. The van der Waals surface area contributed by atoms with Crippen molar-refractivity contribution < 1.29 is 4.39 Å². The number of aromatic nitrogens is 5. The zero-order valence-corrected chi connectivity index (χ0v) is 17.8. The van der Waals surface area contributed by atoms with Gasteiger partial charge in [-0.05, 0) is 53.8 Å². The Morgan fingerprint density at radius 2 is 1.94 bits per heavy atom. The Hall–Kier alpha value is -2.91. The van der Waals surface area contributed by atoms with Gasteiger partial charge in [-0.25, -0.2) is 9.37 Å². The molecule has 2 fully saturated rings. The van der Waals surface area contributed by atoms with Crippen molar-refractivity contribution in [3.05, 3.63) is 52.8 Å². The van der Waals surface area contributed by atoms with Crippen molar-refractivity contribution in [2.75, 3.05) is 31.1 Å². The summed E-state index contributed by atoms with van der Waals surface area (Å²) in [5.41, 5.74) is 3.47. The van der Waals surface area contributed by atoms with Gasteiger partial charge < -0.3 is 4.90 Å². The quantitative estimate of drug-likeness (QED) is 0.514. The van der Waals surface area contributed by atoms with E-state index in [9.17, 15) is 0 Å². The number of hydrogen-bond acceptors (Lipinski definition) is 7. The molecule has 1 N–H and O–H groups in total. The molecule has 158 valence electrons. The number of tetrazole rings is 1. The lowest BCUT2D eigenvalue weighted by Gasteiger charge is -2.36. The molecule has 2 aromatic carbocycles. The highest BCUT2D eigenvalue weighted by atomic mass is 32.1. The third kappa shape index (κ3) is 3.68. The van der Waals surface area contributed by atoms with Gasteiger partial charge in [0, 0.05) is 26.2 Å². The van der Waals surface area contributed by atoms with Gasteiger partial charge in [0.2, 0.25) is 5.82 Å². The van der Waals surface area contributed by atoms with Gasteiger partial charge in [0.25, 0.3) is 0 Å². The smallest absolute Gasteiger partial charge is 0.209 e. The van der Waals surface area contributed by atoms with Crippen molar-refractivity contribution >= 4 is 27.2 Å². The Morgan fingerprint density at radius 1 is 1.10 bits per heavy atom. The Bertz CT molecular complexity index is 1180. The summed E-state index contributed by atoms with van der Waals surface area (Å²) >= 11 is 1.76. The molecule has 2 aromatic heterocycles. The predicted octanol–water partition coefficient (Wildman–Crippen LogP) is 3.82. The van der Waals surface area contributed by atoms with Gasteiger partial charge >= 0.3 is 0 Å². The molecule has 0 bridgehead atoms. The van der Waals surface area contributed by atoms with Gasteiger partial charge in [-0.3, -0.25) is 4.90 Å². The summed E-state index contributed by atoms with van der Waals surface area (Å²) in [6.45, 7) is 4.29. The zero-order valence-electron chi connectivity index (χ0n) is 17.0. The minimum atomic E-state index is -0.266. The highest BCUT2D eigenvalue weighted by Crippen LogP contribution is 2.44. The fraction of sp³-hybridized carbons (Fsp3) is 0.364. The molecule has 1 aliphatic carbocycles. The van der Waals surface area contributed by atoms with E-state index in [4.69, 9.17) is 4.98 Å². The molecule has 6 rings (SSSR count). The minimum Gasteiger partial charge on any atom is -0.368 e. The van der Waals surface area contributed by atoms with Crippen molar-refractivity contribution in [2.24, 2.45) is 0 Å². The highest BCUT2D eigenvalue weighted by Gasteiger charge is 2.29. The molecule has 1 saturated carbocycles. The van der Waals surface area contributed by atoms with E-state index in [0.29, 0.717) is 17.3 Å². The van der Waals surface area contributed by atoms with E-state index in [0.717, 1.165) is 67.3 Å². The first-order chi connectivity index (χ1) is 15.2. The van der Waals surface area contributed by atoms with Crippen LogP contribution in [0.25, 0.3) is 21.6 Å². The summed E-state index contributed by atoms with van der Waals surface area (Å²) in [4.78, 5) is 9.45. The van der Waals surface area contributed by atoms with Crippen molar-refractivity contribution in [3.63, 3.8) is 0 Å². The van der Waals surface area contributed by atoms with Crippen LogP contribution in [0.5, 0.6) is 0 Å². The zero-order chi connectivity index (χ0) is 20.8. The summed E-state index contributed by atoms with van der Waals surface area (Å²) in [7, 11) is 0. The molecule has 0 amide bonds. The Kier molecular flexibility index (Phi) is 4.65. The van der Waals surface area contributed by atoms with Crippen LogP contribution >= 0.6 is 11.3 Å². The minimum absolute atomic E-state index is 0.266. The first-order valence-corrected chi connectivity index (χ1v) is 11.5. The molecule has 9 heteroatoms. The van der Waals surface area contributed by atoms with Crippen molar-refractivity contribution in [1.29, 1.82) is 0 Å². The molecule has 0 atom stereocenters. The number of para-hydroxylation sites is 1. The van der Waals surface area contributed by atoms with Crippen LogP contribution in [0, 0.1) is 5.82 Å². The maximum absolute atomic E-state index is 15.1. The second kappa shape index (κ2) is 7.65. The van der Waals surface area contributed by atoms with E-state index < -0.39 is 0 Å². The third-order valence-electron chi connectivity index (χ3n) is 6.12. The van der Waals surface area contributed by atoms with Crippen molar-refractivity contribution in [1.82, 2.24) is 30.5 Å². The number of halogens is 1. The van der Waals surface area contributed by atoms with E-state index in [1.165, 1.54) is 4.70 Å². The second-order valence-electron chi connectivity index (χ2n) is 8.25. The van der Waals surface area contributed by atoms with Crippen LogP contribution in [0.2, 0.25) is 0 Å². The number of rotatable bonds is 5. The van der Waals surface area contributed by atoms with E-state index in [2.05, 4.69) is 54.7 Å². The monoisotopic (exact) mass is 435 g/mol. The number of fused-ring (bicyclic) bond motifs is 1. The summed E-state index contributed by atoms with van der Waals surface area (Å²) in [5.74, 6) is 0.525. The number of nitrogens with one attached hydrogen (secondary N) is 1. The highest BCUT2D eigenvalue weighted by molar-refractivity contribution is 7.18. The molecule has 1 aliphatic heterocycles. The molecule has 0 unspecified atom stereocenters. The van der Waals surface area contributed by atoms with Crippen LogP contribution in [0.4, 0.5) is 10.1 Å². The van der Waals surface area contributed by atoms with Crippen molar-refractivity contribution in [3.8, 4) is 11.4 Å². The number of aromatic amines is 1. The van der Waals surface area contributed by atoms with Gasteiger partial charge in [0.1, 0.15) is 10.8 Å². The van der Waals surface area contributed by atoms with Crippen LogP contribution in [0.3, 0.4) is 0 Å². The average molecular weight is 436 g/mol. The lowest BCUT2D eigenvalue weighted by atomic mass is 10.0. The lowest BCUT2D eigenvalue weighted by molar-refractivity contribution is 0.249. The number of anilines is 1. The molecule has 2 aliphatic rings. The molecular formula is C22H22FN7S. The molecule has 0 radical (unpaired) electrons. The first kappa shape index (κ1) is 18.8. The van der Waals surface area contributed by atoms with E-state index >= 15 is 4.39 Å². The number of thiazole rings is 1. The molecule has 31 heavy (non-hydrogen) atoms. The fourth-order valence-corrected chi connectivity index (χ4v) is 5.34. The van der Waals surface area contributed by atoms with Gasteiger partial charge in [0.15, 0.2) is 0 Å². The number of nitrogens with zero attached hydrogens (tertiary/aromatic N) is 6. The van der Waals surface area contributed by atoms with E-state index in [1.54, 1.807) is 17.4 Å².